The Morgan fingerprint density at radius 1 is 1.00 bits per heavy atom. The number of benzene rings is 2. The van der Waals surface area contributed by atoms with Gasteiger partial charge in [-0.25, -0.2) is 4.39 Å². The van der Waals surface area contributed by atoms with Gasteiger partial charge in [-0.05, 0) is 30.3 Å². The number of nitrogens with two attached hydrogens (primary N) is 1. The van der Waals surface area contributed by atoms with Gasteiger partial charge in [0.05, 0.1) is 26.4 Å². The molecule has 2 aromatic rings. The Hall–Kier alpha value is -1.07. The van der Waals surface area contributed by atoms with Gasteiger partial charge < -0.3 is 11.1 Å². The fourth-order valence-corrected chi connectivity index (χ4v) is 2.25. The fraction of sp³-hybridized carbons (Fsp3) is 0. The standard InChI is InChI=1S/C13H8Cl3FN2S/c14-7-4-9(16)12(5-8(7)15)19-11-2-1-6(13(18)20)3-10(11)17/h1-5,19H,(H2,18,20). The number of halogens is 4. The molecular weight excluding hydrogens is 342 g/mol. The van der Waals surface area contributed by atoms with Crippen LogP contribution in [0.5, 0.6) is 0 Å². The Morgan fingerprint density at radius 3 is 2.25 bits per heavy atom. The zero-order valence-corrected chi connectivity index (χ0v) is 13.0. The summed E-state index contributed by atoms with van der Waals surface area (Å²) in [5, 5.41) is 3.82. The monoisotopic (exact) mass is 348 g/mol. The minimum atomic E-state index is -0.502. The molecule has 0 heterocycles. The molecule has 0 aliphatic carbocycles. The summed E-state index contributed by atoms with van der Waals surface area (Å²) in [5.74, 6) is -0.502. The van der Waals surface area contributed by atoms with E-state index in [0.717, 1.165) is 0 Å². The highest BCUT2D eigenvalue weighted by atomic mass is 35.5. The highest BCUT2D eigenvalue weighted by molar-refractivity contribution is 7.80. The molecule has 0 aliphatic heterocycles. The topological polar surface area (TPSA) is 38.0 Å². The second-order valence-electron chi connectivity index (χ2n) is 3.93. The van der Waals surface area contributed by atoms with Crippen LogP contribution in [0, 0.1) is 5.82 Å². The lowest BCUT2D eigenvalue weighted by Gasteiger charge is -2.11. The molecule has 0 bridgehead atoms. The van der Waals surface area contributed by atoms with Crippen LogP contribution in [0.2, 0.25) is 15.1 Å². The lowest BCUT2D eigenvalue weighted by Crippen LogP contribution is -2.09. The smallest absolute Gasteiger partial charge is 0.147 e. The van der Waals surface area contributed by atoms with Crippen LogP contribution in [0.4, 0.5) is 15.8 Å². The Bertz CT molecular complexity index is 692. The first kappa shape index (κ1) is 15.3. The second kappa shape index (κ2) is 6.14. The molecule has 0 saturated heterocycles. The van der Waals surface area contributed by atoms with Crippen LogP contribution in [0.3, 0.4) is 0 Å². The number of hydrogen-bond donors (Lipinski definition) is 2. The molecule has 0 saturated carbocycles. The van der Waals surface area contributed by atoms with Gasteiger partial charge in [-0.15, -0.1) is 0 Å². The normalized spacial score (nSPS) is 10.4. The first-order valence-electron chi connectivity index (χ1n) is 5.39. The predicted molar refractivity (Wildman–Crippen MR) is 87.0 cm³/mol. The molecule has 20 heavy (non-hydrogen) atoms. The molecule has 0 unspecified atom stereocenters. The lowest BCUT2D eigenvalue weighted by atomic mass is 10.2. The highest BCUT2D eigenvalue weighted by Crippen LogP contribution is 2.34. The van der Waals surface area contributed by atoms with Crippen molar-refractivity contribution in [2.45, 2.75) is 0 Å². The molecule has 2 aromatic carbocycles. The predicted octanol–water partition coefficient (Wildman–Crippen LogP) is 5.16. The zero-order valence-electron chi connectivity index (χ0n) is 9.88. The maximum atomic E-state index is 13.9. The van der Waals surface area contributed by atoms with Crippen molar-refractivity contribution in [1.29, 1.82) is 0 Å². The first-order chi connectivity index (χ1) is 9.38. The molecule has 2 nitrogen and oxygen atoms in total. The number of nitrogens with one attached hydrogen (secondary N) is 1. The summed E-state index contributed by atoms with van der Waals surface area (Å²) in [6.45, 7) is 0. The highest BCUT2D eigenvalue weighted by Gasteiger charge is 2.10. The van der Waals surface area contributed by atoms with Gasteiger partial charge >= 0.3 is 0 Å². The summed E-state index contributed by atoms with van der Waals surface area (Å²) in [7, 11) is 0. The van der Waals surface area contributed by atoms with Crippen LogP contribution in [-0.4, -0.2) is 4.99 Å². The van der Waals surface area contributed by atoms with Crippen LogP contribution in [-0.2, 0) is 0 Å². The van der Waals surface area contributed by atoms with E-state index in [1.807, 2.05) is 0 Å². The molecule has 7 heteroatoms. The van der Waals surface area contributed by atoms with Crippen molar-refractivity contribution in [3.05, 3.63) is 56.8 Å². The van der Waals surface area contributed by atoms with E-state index in [2.05, 4.69) is 5.32 Å². The lowest BCUT2D eigenvalue weighted by molar-refractivity contribution is 0.631. The Balaban J connectivity index is 2.35. The third kappa shape index (κ3) is 3.33. The maximum absolute atomic E-state index is 13.9. The third-order valence-electron chi connectivity index (χ3n) is 2.53. The van der Waals surface area contributed by atoms with Gasteiger partial charge in [0.25, 0.3) is 0 Å². The summed E-state index contributed by atoms with van der Waals surface area (Å²) < 4.78 is 13.9. The molecule has 0 atom stereocenters. The van der Waals surface area contributed by atoms with Crippen LogP contribution in [0.15, 0.2) is 30.3 Å². The molecule has 0 spiro atoms. The number of rotatable bonds is 3. The van der Waals surface area contributed by atoms with Gasteiger partial charge in [0.2, 0.25) is 0 Å². The molecule has 3 N–H and O–H groups in total. The van der Waals surface area contributed by atoms with E-state index in [1.54, 1.807) is 6.07 Å². The van der Waals surface area contributed by atoms with E-state index in [-0.39, 0.29) is 10.7 Å². The van der Waals surface area contributed by atoms with Crippen molar-refractivity contribution in [3.8, 4) is 0 Å². The summed E-state index contributed by atoms with van der Waals surface area (Å²) in [6.07, 6.45) is 0. The summed E-state index contributed by atoms with van der Waals surface area (Å²) in [4.78, 5) is 0.128. The van der Waals surface area contributed by atoms with E-state index in [0.29, 0.717) is 26.3 Å². The molecule has 2 rings (SSSR count). The molecule has 0 aromatic heterocycles. The average molecular weight is 350 g/mol. The maximum Gasteiger partial charge on any atom is 0.147 e. The molecule has 0 amide bonds. The van der Waals surface area contributed by atoms with Crippen molar-refractivity contribution >= 4 is 63.4 Å². The van der Waals surface area contributed by atoms with E-state index in [9.17, 15) is 4.39 Å². The zero-order chi connectivity index (χ0) is 14.9. The Morgan fingerprint density at radius 2 is 1.65 bits per heavy atom. The van der Waals surface area contributed by atoms with E-state index < -0.39 is 5.82 Å². The van der Waals surface area contributed by atoms with Crippen molar-refractivity contribution in [3.63, 3.8) is 0 Å². The molecule has 0 aliphatic rings. The van der Waals surface area contributed by atoms with Crippen molar-refractivity contribution < 1.29 is 4.39 Å². The average Bonchev–Trinajstić information content (AvgIpc) is 2.37. The van der Waals surface area contributed by atoms with Crippen LogP contribution in [0.25, 0.3) is 0 Å². The molecule has 104 valence electrons. The van der Waals surface area contributed by atoms with Gasteiger partial charge in [0.1, 0.15) is 10.8 Å². The van der Waals surface area contributed by atoms with Gasteiger partial charge in [-0.1, -0.05) is 47.0 Å². The summed E-state index contributed by atoms with van der Waals surface area (Å²) in [6, 6.07) is 7.38. The SMILES string of the molecule is NC(=S)c1ccc(Nc2cc(Cl)c(Cl)cc2Cl)c(F)c1. The molecule has 0 radical (unpaired) electrons. The van der Waals surface area contributed by atoms with Crippen molar-refractivity contribution in [1.82, 2.24) is 0 Å². The summed E-state index contributed by atoms with van der Waals surface area (Å²) in [5.41, 5.74) is 6.56. The Kier molecular flexibility index (Phi) is 4.70. The number of hydrogen-bond acceptors (Lipinski definition) is 2. The quantitative estimate of drug-likeness (QED) is 0.593. The Labute approximate surface area is 135 Å². The number of thiocarbonyl (C=S) groups is 1. The van der Waals surface area contributed by atoms with Crippen LogP contribution in [0.1, 0.15) is 5.56 Å². The molecule has 0 fully saturated rings. The van der Waals surface area contributed by atoms with E-state index >= 15 is 0 Å². The first-order valence-corrected chi connectivity index (χ1v) is 6.93. The fourth-order valence-electron chi connectivity index (χ4n) is 1.53. The van der Waals surface area contributed by atoms with Gasteiger partial charge in [-0.3, -0.25) is 0 Å². The van der Waals surface area contributed by atoms with Crippen molar-refractivity contribution in [2.24, 2.45) is 5.73 Å². The minimum Gasteiger partial charge on any atom is -0.389 e. The summed E-state index contributed by atoms with van der Waals surface area (Å²) >= 11 is 22.5. The van der Waals surface area contributed by atoms with Crippen LogP contribution >= 0.6 is 47.0 Å². The van der Waals surface area contributed by atoms with Gasteiger partial charge in [0.15, 0.2) is 0 Å². The van der Waals surface area contributed by atoms with Crippen LogP contribution < -0.4 is 11.1 Å². The van der Waals surface area contributed by atoms with E-state index in [1.165, 1.54) is 24.3 Å². The van der Waals surface area contributed by atoms with E-state index in [4.69, 9.17) is 52.8 Å². The minimum absolute atomic E-state index is 0.128. The second-order valence-corrected chi connectivity index (χ2v) is 5.59. The number of anilines is 2. The van der Waals surface area contributed by atoms with Gasteiger partial charge in [0, 0.05) is 5.56 Å². The molecular formula is C13H8Cl3FN2S. The van der Waals surface area contributed by atoms with Crippen molar-refractivity contribution in [2.75, 3.05) is 5.32 Å². The largest absolute Gasteiger partial charge is 0.389 e. The van der Waals surface area contributed by atoms with Gasteiger partial charge in [-0.2, -0.15) is 0 Å². The third-order valence-corrected chi connectivity index (χ3v) is 3.80.